The molecule has 0 saturated carbocycles. The van der Waals surface area contributed by atoms with Crippen LogP contribution in [0.3, 0.4) is 0 Å². The molecule has 1 aromatic carbocycles. The molecule has 5 heteroatoms. The predicted molar refractivity (Wildman–Crippen MR) is 118 cm³/mol. The van der Waals surface area contributed by atoms with Crippen LogP contribution in [0.5, 0.6) is 0 Å². The van der Waals surface area contributed by atoms with Gasteiger partial charge in [-0.2, -0.15) is 0 Å². The Labute approximate surface area is 175 Å². The van der Waals surface area contributed by atoms with Gasteiger partial charge in [0, 0.05) is 55.7 Å². The maximum absolute atomic E-state index is 12.4. The second-order valence-electron chi connectivity index (χ2n) is 8.75. The number of hydrogen-bond acceptors (Lipinski definition) is 4. The summed E-state index contributed by atoms with van der Waals surface area (Å²) in [7, 11) is 0. The summed E-state index contributed by atoms with van der Waals surface area (Å²) in [4.78, 5) is 26.5. The lowest BCUT2D eigenvalue weighted by molar-refractivity contribution is -0.134. The Morgan fingerprint density at radius 1 is 0.966 bits per heavy atom. The van der Waals surface area contributed by atoms with Gasteiger partial charge in [-0.05, 0) is 19.4 Å². The highest BCUT2D eigenvalue weighted by molar-refractivity contribution is 5.78. The summed E-state index contributed by atoms with van der Waals surface area (Å²) in [5.41, 5.74) is 4.79. The topological polar surface area (TPSA) is 49.3 Å². The van der Waals surface area contributed by atoms with Crippen molar-refractivity contribution in [3.63, 3.8) is 0 Å². The van der Waals surface area contributed by atoms with Crippen molar-refractivity contribution >= 4 is 11.7 Å². The summed E-state index contributed by atoms with van der Waals surface area (Å²) in [5, 5.41) is 0. The number of amides is 1. The van der Waals surface area contributed by atoms with E-state index >= 15 is 0 Å². The lowest BCUT2D eigenvalue weighted by Gasteiger charge is -2.37. The molecule has 29 heavy (non-hydrogen) atoms. The number of anilines is 1. The van der Waals surface area contributed by atoms with Gasteiger partial charge in [0.05, 0.1) is 0 Å². The Morgan fingerprint density at radius 3 is 2.14 bits per heavy atom. The molecule has 0 N–H and O–H groups in total. The van der Waals surface area contributed by atoms with Crippen LogP contribution in [0.2, 0.25) is 0 Å². The summed E-state index contributed by atoms with van der Waals surface area (Å²) in [6, 6.07) is 8.69. The Balaban J connectivity index is 1.89. The Morgan fingerprint density at radius 2 is 1.59 bits per heavy atom. The fourth-order valence-electron chi connectivity index (χ4n) is 3.74. The van der Waals surface area contributed by atoms with E-state index in [1.165, 1.54) is 16.7 Å². The number of piperazine rings is 1. The van der Waals surface area contributed by atoms with E-state index in [1.807, 2.05) is 18.7 Å². The molecule has 2 aromatic rings. The maximum Gasteiger partial charge on any atom is 0.225 e. The molecule has 2 heterocycles. The molecule has 1 aliphatic heterocycles. The van der Waals surface area contributed by atoms with Crippen LogP contribution in [0.1, 0.15) is 61.8 Å². The number of aryl methyl sites for hydroxylation is 2. The van der Waals surface area contributed by atoms with Gasteiger partial charge in [-0.15, -0.1) is 0 Å². The lowest BCUT2D eigenvalue weighted by Crippen LogP contribution is -2.50. The lowest BCUT2D eigenvalue weighted by atomic mass is 10.0. The maximum atomic E-state index is 12.4. The molecule has 5 nitrogen and oxygen atoms in total. The van der Waals surface area contributed by atoms with Crippen molar-refractivity contribution in [3.8, 4) is 0 Å². The van der Waals surface area contributed by atoms with Crippen LogP contribution in [0, 0.1) is 19.8 Å². The standard InChI is InChI=1S/C24H34N4O/c1-16(2)22-25-19(6)21(15-20-9-7-18(5)8-10-20)23(26-22)27-11-13-28(14-12-27)24(29)17(3)4/h7-10,16-17H,11-15H2,1-6H3. The molecule has 156 valence electrons. The number of aromatic nitrogens is 2. The Bertz CT molecular complexity index is 850. The van der Waals surface area contributed by atoms with E-state index in [9.17, 15) is 4.79 Å². The monoisotopic (exact) mass is 394 g/mol. The first-order valence-corrected chi connectivity index (χ1v) is 10.7. The zero-order valence-electron chi connectivity index (χ0n) is 18.7. The van der Waals surface area contributed by atoms with Crippen LogP contribution in [0.15, 0.2) is 24.3 Å². The first-order chi connectivity index (χ1) is 13.8. The molecule has 0 aliphatic carbocycles. The highest BCUT2D eigenvalue weighted by atomic mass is 16.2. The second-order valence-corrected chi connectivity index (χ2v) is 8.75. The third-order valence-corrected chi connectivity index (χ3v) is 5.61. The van der Waals surface area contributed by atoms with Gasteiger partial charge in [0.1, 0.15) is 11.6 Å². The quantitative estimate of drug-likeness (QED) is 0.766. The van der Waals surface area contributed by atoms with E-state index < -0.39 is 0 Å². The summed E-state index contributed by atoms with van der Waals surface area (Å²) >= 11 is 0. The first kappa shape index (κ1) is 21.3. The van der Waals surface area contributed by atoms with Crippen molar-refractivity contribution < 1.29 is 4.79 Å². The van der Waals surface area contributed by atoms with Crippen molar-refractivity contribution in [1.82, 2.24) is 14.9 Å². The van der Waals surface area contributed by atoms with Gasteiger partial charge < -0.3 is 9.80 Å². The Kier molecular flexibility index (Phi) is 6.56. The minimum Gasteiger partial charge on any atom is -0.353 e. The van der Waals surface area contributed by atoms with Crippen LogP contribution >= 0.6 is 0 Å². The van der Waals surface area contributed by atoms with Crippen molar-refractivity contribution in [1.29, 1.82) is 0 Å². The summed E-state index contributed by atoms with van der Waals surface area (Å²) in [5.74, 6) is 2.51. The fourth-order valence-corrected chi connectivity index (χ4v) is 3.74. The molecular weight excluding hydrogens is 360 g/mol. The van der Waals surface area contributed by atoms with Gasteiger partial charge in [0.2, 0.25) is 5.91 Å². The molecule has 1 aliphatic rings. The largest absolute Gasteiger partial charge is 0.353 e. The van der Waals surface area contributed by atoms with Crippen molar-refractivity contribution in [2.24, 2.45) is 5.92 Å². The van der Waals surface area contributed by atoms with E-state index in [0.717, 1.165) is 49.9 Å². The average molecular weight is 395 g/mol. The normalized spacial score (nSPS) is 14.8. The molecule has 0 atom stereocenters. The summed E-state index contributed by atoms with van der Waals surface area (Å²) in [6.45, 7) is 15.5. The molecule has 0 unspecified atom stereocenters. The molecule has 0 bridgehead atoms. The minimum atomic E-state index is 0.0486. The van der Waals surface area contributed by atoms with E-state index in [4.69, 9.17) is 9.97 Å². The van der Waals surface area contributed by atoms with E-state index in [-0.39, 0.29) is 17.7 Å². The fraction of sp³-hybridized carbons (Fsp3) is 0.542. The molecule has 1 fully saturated rings. The molecule has 3 rings (SSSR count). The summed E-state index contributed by atoms with van der Waals surface area (Å²) < 4.78 is 0. The highest BCUT2D eigenvalue weighted by Gasteiger charge is 2.26. The van der Waals surface area contributed by atoms with E-state index in [2.05, 4.69) is 56.9 Å². The van der Waals surface area contributed by atoms with Gasteiger partial charge in [-0.1, -0.05) is 57.5 Å². The van der Waals surface area contributed by atoms with Crippen LogP contribution in [-0.4, -0.2) is 47.0 Å². The van der Waals surface area contributed by atoms with Crippen molar-refractivity contribution in [3.05, 3.63) is 52.5 Å². The van der Waals surface area contributed by atoms with Gasteiger partial charge in [-0.25, -0.2) is 9.97 Å². The number of hydrogen-bond donors (Lipinski definition) is 0. The van der Waals surface area contributed by atoms with Crippen LogP contribution in [-0.2, 0) is 11.2 Å². The van der Waals surface area contributed by atoms with Crippen LogP contribution in [0.4, 0.5) is 5.82 Å². The zero-order valence-corrected chi connectivity index (χ0v) is 18.7. The second kappa shape index (κ2) is 8.93. The van der Waals surface area contributed by atoms with Gasteiger partial charge in [0.15, 0.2) is 0 Å². The molecule has 0 spiro atoms. The van der Waals surface area contributed by atoms with Gasteiger partial charge in [-0.3, -0.25) is 4.79 Å². The number of carbonyl (C=O) groups excluding carboxylic acids is 1. The van der Waals surface area contributed by atoms with Gasteiger partial charge in [0.25, 0.3) is 0 Å². The average Bonchev–Trinajstić information content (AvgIpc) is 2.70. The molecule has 1 saturated heterocycles. The number of rotatable bonds is 5. The zero-order chi connectivity index (χ0) is 21.1. The minimum absolute atomic E-state index is 0.0486. The van der Waals surface area contributed by atoms with Crippen molar-refractivity contribution in [2.75, 3.05) is 31.1 Å². The molecule has 1 amide bonds. The summed E-state index contributed by atoms with van der Waals surface area (Å²) in [6.07, 6.45) is 0.824. The smallest absolute Gasteiger partial charge is 0.225 e. The molecule has 1 aromatic heterocycles. The van der Waals surface area contributed by atoms with E-state index in [0.29, 0.717) is 0 Å². The van der Waals surface area contributed by atoms with E-state index in [1.54, 1.807) is 0 Å². The third-order valence-electron chi connectivity index (χ3n) is 5.61. The predicted octanol–water partition coefficient (Wildman–Crippen LogP) is 4.11. The third kappa shape index (κ3) is 4.95. The van der Waals surface area contributed by atoms with Crippen LogP contribution < -0.4 is 4.90 Å². The molecular formula is C24H34N4O. The SMILES string of the molecule is Cc1ccc(Cc2c(C)nc(C(C)C)nc2N2CCN(C(=O)C(C)C)CC2)cc1. The highest BCUT2D eigenvalue weighted by Crippen LogP contribution is 2.27. The molecule has 0 radical (unpaired) electrons. The number of nitrogens with zero attached hydrogens (tertiary/aromatic N) is 4. The van der Waals surface area contributed by atoms with Gasteiger partial charge >= 0.3 is 0 Å². The van der Waals surface area contributed by atoms with Crippen molar-refractivity contribution in [2.45, 2.75) is 53.9 Å². The first-order valence-electron chi connectivity index (χ1n) is 10.7. The Hall–Kier alpha value is -2.43. The number of benzene rings is 1. The number of carbonyl (C=O) groups is 1. The van der Waals surface area contributed by atoms with Crippen LogP contribution in [0.25, 0.3) is 0 Å².